The van der Waals surface area contributed by atoms with Crippen molar-refractivity contribution in [3.05, 3.63) is 71.3 Å². The van der Waals surface area contributed by atoms with E-state index in [1.165, 1.54) is 5.39 Å². The van der Waals surface area contributed by atoms with Crippen LogP contribution >= 0.6 is 11.8 Å². The summed E-state index contributed by atoms with van der Waals surface area (Å²) in [7, 11) is 0. The van der Waals surface area contributed by atoms with Gasteiger partial charge >= 0.3 is 0 Å². The third kappa shape index (κ3) is 5.29. The highest BCUT2D eigenvalue weighted by atomic mass is 32.2. The number of imide groups is 1. The van der Waals surface area contributed by atoms with Crippen LogP contribution in [0.15, 0.2) is 59.9 Å². The third-order valence-electron chi connectivity index (χ3n) is 6.82. The molecule has 0 saturated carbocycles. The number of piperidine rings is 1. The summed E-state index contributed by atoms with van der Waals surface area (Å²) in [5, 5.41) is 14.8. The van der Waals surface area contributed by atoms with Crippen LogP contribution in [0.1, 0.15) is 24.2 Å². The van der Waals surface area contributed by atoms with E-state index in [1.807, 2.05) is 12.3 Å². The first-order valence-electron chi connectivity index (χ1n) is 12.5. The quantitative estimate of drug-likeness (QED) is 0.308. The van der Waals surface area contributed by atoms with Gasteiger partial charge < -0.3 is 10.2 Å². The normalized spacial score (nSPS) is 17.5. The number of hydrogen-bond donors (Lipinski definition) is 3. The smallest absolute Gasteiger partial charge is 0.290 e. The second-order valence-electron chi connectivity index (χ2n) is 9.36. The number of hydrogen-bond acceptors (Lipinski definition) is 9. The summed E-state index contributed by atoms with van der Waals surface area (Å²) >= 11 is 0.889. The van der Waals surface area contributed by atoms with Gasteiger partial charge in [0.2, 0.25) is 5.95 Å². The number of benzene rings is 1. The predicted octanol–water partition coefficient (Wildman–Crippen LogP) is 3.75. The van der Waals surface area contributed by atoms with Crippen molar-refractivity contribution >= 4 is 45.7 Å². The van der Waals surface area contributed by atoms with Crippen molar-refractivity contribution in [2.24, 2.45) is 5.92 Å². The molecule has 3 N–H and O–H groups in total. The molecule has 0 atom stereocenters. The second kappa shape index (κ2) is 10.7. The van der Waals surface area contributed by atoms with Gasteiger partial charge in [-0.1, -0.05) is 24.3 Å². The third-order valence-corrected chi connectivity index (χ3v) is 7.63. The Morgan fingerprint density at radius 2 is 2.00 bits per heavy atom. The summed E-state index contributed by atoms with van der Waals surface area (Å²) in [6.07, 6.45) is 9.03. The number of thioether (sulfide) groups is 1. The van der Waals surface area contributed by atoms with E-state index in [1.54, 1.807) is 24.5 Å². The van der Waals surface area contributed by atoms with Gasteiger partial charge in [0, 0.05) is 43.0 Å². The highest BCUT2D eigenvalue weighted by molar-refractivity contribution is 8.18. The Morgan fingerprint density at radius 1 is 1.13 bits per heavy atom. The van der Waals surface area contributed by atoms with Gasteiger partial charge in [-0.05, 0) is 60.7 Å². The molecule has 11 heteroatoms. The van der Waals surface area contributed by atoms with Gasteiger partial charge in [-0.3, -0.25) is 25.0 Å². The number of aromatic amines is 1. The minimum atomic E-state index is -0.384. The fourth-order valence-corrected chi connectivity index (χ4v) is 5.49. The molecule has 2 fully saturated rings. The average molecular weight is 527 g/mol. The molecular weight excluding hydrogens is 500 g/mol. The van der Waals surface area contributed by atoms with Crippen LogP contribution in [0.25, 0.3) is 28.1 Å². The molecule has 192 valence electrons. The fraction of sp³-hybridized carbons (Fsp3) is 0.259. The Kier molecular flexibility index (Phi) is 6.84. The first-order valence-corrected chi connectivity index (χ1v) is 13.4. The number of carbonyl (C=O) groups excluding carboxylic acids is 2. The Bertz CT molecular complexity index is 1510. The minimum Gasteiger partial charge on any atom is -0.341 e. The van der Waals surface area contributed by atoms with Crippen LogP contribution in [0.5, 0.6) is 0 Å². The summed E-state index contributed by atoms with van der Waals surface area (Å²) in [6, 6.07) is 12.2. The maximum absolute atomic E-state index is 11.8. The lowest BCUT2D eigenvalue weighted by Crippen LogP contribution is -2.38. The lowest BCUT2D eigenvalue weighted by Gasteiger charge is -2.32. The van der Waals surface area contributed by atoms with Gasteiger partial charge in [-0.25, -0.2) is 9.97 Å². The summed E-state index contributed by atoms with van der Waals surface area (Å²) < 4.78 is 0. The standard InChI is InChI=1S/C27H26N8O2S/c36-25-24(38-27(37)34-25)12-20-5-8-29-26(32-20)35-9-6-17(7-10-35)13-28-16-23-21-4-2-1-3-18(21)11-22(33-23)19-14-30-31-15-19/h1-5,8,11-12,14-15,17,28H,6-7,9-10,13,16H2,(H,30,31)(H,34,36,37). The van der Waals surface area contributed by atoms with Crippen molar-refractivity contribution in [2.45, 2.75) is 19.4 Å². The number of H-pyrrole nitrogens is 1. The molecule has 6 rings (SSSR count). The molecule has 10 nitrogen and oxygen atoms in total. The first kappa shape index (κ1) is 24.3. The fourth-order valence-electron chi connectivity index (χ4n) is 4.83. The van der Waals surface area contributed by atoms with Crippen LogP contribution in [0.3, 0.4) is 0 Å². The molecule has 4 aromatic rings. The van der Waals surface area contributed by atoms with E-state index in [9.17, 15) is 9.59 Å². The molecule has 0 aliphatic carbocycles. The van der Waals surface area contributed by atoms with Crippen molar-refractivity contribution < 1.29 is 9.59 Å². The molecule has 2 saturated heterocycles. The molecule has 5 heterocycles. The predicted molar refractivity (Wildman–Crippen MR) is 147 cm³/mol. The number of anilines is 1. The maximum Gasteiger partial charge on any atom is 0.290 e. The number of nitrogens with one attached hydrogen (secondary N) is 3. The number of rotatable bonds is 7. The molecule has 2 amide bonds. The molecular formula is C27H26N8O2S. The number of fused-ring (bicyclic) bond motifs is 1. The van der Waals surface area contributed by atoms with Crippen LogP contribution in [0.2, 0.25) is 0 Å². The van der Waals surface area contributed by atoms with E-state index in [0.29, 0.717) is 29.0 Å². The number of amides is 2. The van der Waals surface area contributed by atoms with Crippen LogP contribution in [-0.4, -0.2) is 55.9 Å². The van der Waals surface area contributed by atoms with Crippen molar-refractivity contribution in [3.8, 4) is 11.3 Å². The molecule has 0 spiro atoms. The average Bonchev–Trinajstić information content (AvgIpc) is 3.59. The molecule has 2 aliphatic rings. The molecule has 38 heavy (non-hydrogen) atoms. The summed E-state index contributed by atoms with van der Waals surface area (Å²) in [4.78, 5) is 39.8. The van der Waals surface area contributed by atoms with Crippen molar-refractivity contribution in [3.63, 3.8) is 0 Å². The number of nitrogens with zero attached hydrogens (tertiary/aromatic N) is 5. The van der Waals surface area contributed by atoms with Crippen LogP contribution < -0.4 is 15.5 Å². The van der Waals surface area contributed by atoms with E-state index < -0.39 is 0 Å². The highest BCUT2D eigenvalue weighted by Gasteiger charge is 2.26. The molecule has 0 unspecified atom stereocenters. The Hall–Kier alpha value is -4.09. The molecule has 0 bridgehead atoms. The molecule has 1 aromatic carbocycles. The zero-order chi connectivity index (χ0) is 25.9. The van der Waals surface area contributed by atoms with E-state index in [-0.39, 0.29) is 11.1 Å². The Balaban J connectivity index is 1.06. The van der Waals surface area contributed by atoms with E-state index in [2.05, 4.69) is 60.0 Å². The lowest BCUT2D eigenvalue weighted by atomic mass is 9.97. The molecule has 2 aliphatic heterocycles. The monoisotopic (exact) mass is 526 g/mol. The van der Waals surface area contributed by atoms with Gasteiger partial charge in [0.25, 0.3) is 11.1 Å². The molecule has 3 aromatic heterocycles. The minimum absolute atomic E-state index is 0.349. The number of aromatic nitrogens is 5. The van der Waals surface area contributed by atoms with Crippen LogP contribution in [0, 0.1) is 5.92 Å². The van der Waals surface area contributed by atoms with Crippen LogP contribution in [-0.2, 0) is 11.3 Å². The number of pyridine rings is 1. The number of carbonyl (C=O) groups is 2. The largest absolute Gasteiger partial charge is 0.341 e. The van der Waals surface area contributed by atoms with E-state index in [0.717, 1.165) is 66.6 Å². The van der Waals surface area contributed by atoms with Gasteiger partial charge in [0.1, 0.15) is 0 Å². The lowest BCUT2D eigenvalue weighted by molar-refractivity contribution is -0.115. The van der Waals surface area contributed by atoms with Gasteiger partial charge in [0.15, 0.2) is 0 Å². The van der Waals surface area contributed by atoms with Gasteiger partial charge in [-0.2, -0.15) is 5.10 Å². The van der Waals surface area contributed by atoms with E-state index >= 15 is 0 Å². The van der Waals surface area contributed by atoms with Crippen LogP contribution in [0.4, 0.5) is 10.7 Å². The Morgan fingerprint density at radius 3 is 2.79 bits per heavy atom. The second-order valence-corrected chi connectivity index (χ2v) is 10.4. The molecule has 0 radical (unpaired) electrons. The SMILES string of the molecule is O=C1NC(=O)C(=Cc2ccnc(N3CCC(CNCc4nc(-c5cn[nH]c5)cc5ccccc45)CC3)n2)S1. The Labute approximate surface area is 223 Å². The van der Waals surface area contributed by atoms with Gasteiger partial charge in [0.05, 0.1) is 28.2 Å². The van der Waals surface area contributed by atoms with Crippen molar-refractivity contribution in [2.75, 3.05) is 24.5 Å². The zero-order valence-electron chi connectivity index (χ0n) is 20.6. The maximum atomic E-state index is 11.8. The topological polar surface area (TPSA) is 129 Å². The van der Waals surface area contributed by atoms with E-state index in [4.69, 9.17) is 4.98 Å². The summed E-state index contributed by atoms with van der Waals surface area (Å²) in [5.41, 5.74) is 3.54. The highest BCUT2D eigenvalue weighted by Crippen LogP contribution is 2.27. The zero-order valence-corrected chi connectivity index (χ0v) is 21.4. The summed E-state index contributed by atoms with van der Waals surface area (Å²) in [5.74, 6) is 0.807. The van der Waals surface area contributed by atoms with Crippen molar-refractivity contribution in [1.82, 2.24) is 35.8 Å². The summed E-state index contributed by atoms with van der Waals surface area (Å²) in [6.45, 7) is 3.32. The van der Waals surface area contributed by atoms with Crippen molar-refractivity contribution in [1.29, 1.82) is 0 Å². The first-order chi connectivity index (χ1) is 18.6. The van der Waals surface area contributed by atoms with Gasteiger partial charge in [-0.15, -0.1) is 0 Å².